The van der Waals surface area contributed by atoms with E-state index >= 15 is 0 Å². The minimum atomic E-state index is -6.39. The minimum absolute atomic E-state index is 0.0697. The number of likely N-dealkylation sites (tertiary alicyclic amines) is 1. The van der Waals surface area contributed by atoms with Crippen molar-refractivity contribution in [2.24, 2.45) is 0 Å². The molecule has 2 aliphatic rings. The van der Waals surface area contributed by atoms with E-state index in [0.717, 1.165) is 24.3 Å². The number of benzene rings is 1. The molecule has 0 N–H and O–H groups in total. The first-order valence-corrected chi connectivity index (χ1v) is 12.1. The van der Waals surface area contributed by atoms with Gasteiger partial charge in [0.25, 0.3) is 0 Å². The van der Waals surface area contributed by atoms with Crippen LogP contribution in [-0.4, -0.2) is 49.1 Å². The first kappa shape index (κ1) is 26.3. The lowest BCUT2D eigenvalue weighted by Gasteiger charge is -2.42. The van der Waals surface area contributed by atoms with E-state index in [1.165, 1.54) is 11.8 Å². The van der Waals surface area contributed by atoms with Crippen molar-refractivity contribution in [1.82, 2.24) is 9.88 Å². The average Bonchev–Trinajstić information content (AvgIpc) is 3.19. The van der Waals surface area contributed by atoms with E-state index in [4.69, 9.17) is 0 Å². The van der Waals surface area contributed by atoms with Crippen LogP contribution in [0.1, 0.15) is 36.7 Å². The molecule has 2 aromatic rings. The summed E-state index contributed by atoms with van der Waals surface area (Å²) < 4.78 is 134. The van der Waals surface area contributed by atoms with Crippen LogP contribution < -0.4 is 0 Å². The van der Waals surface area contributed by atoms with Gasteiger partial charge in [0.05, 0.1) is 16.6 Å². The number of aromatic nitrogens is 1. The number of rotatable bonds is 3. The Morgan fingerprint density at radius 1 is 1.00 bits per heavy atom. The van der Waals surface area contributed by atoms with Crippen LogP contribution in [0.3, 0.4) is 0 Å². The largest absolute Gasteiger partial charge is 0.437 e. The predicted molar refractivity (Wildman–Crippen MR) is 109 cm³/mol. The Labute approximate surface area is 200 Å². The van der Waals surface area contributed by atoms with Gasteiger partial charge in [-0.15, -0.1) is 0 Å². The first-order valence-electron chi connectivity index (χ1n) is 10.6. The second-order valence-corrected chi connectivity index (χ2v) is 10.9. The highest BCUT2D eigenvalue weighted by Gasteiger charge is 2.75. The van der Waals surface area contributed by atoms with Crippen LogP contribution in [0.15, 0.2) is 41.3 Å². The number of carbonyl (C=O) groups excluding carboxylic acids is 1. The van der Waals surface area contributed by atoms with Crippen molar-refractivity contribution in [2.45, 2.75) is 59.9 Å². The third-order valence-corrected chi connectivity index (χ3v) is 9.41. The number of nitrogens with zero attached hydrogens (tertiary/aromatic N) is 2. The monoisotopic (exact) mass is 542 g/mol. The molecule has 0 bridgehead atoms. The van der Waals surface area contributed by atoms with Crippen molar-refractivity contribution in [3.63, 3.8) is 0 Å². The van der Waals surface area contributed by atoms with Gasteiger partial charge in [-0.05, 0) is 55.2 Å². The molecule has 2 unspecified atom stereocenters. The van der Waals surface area contributed by atoms with Gasteiger partial charge in [0, 0.05) is 19.2 Å². The summed E-state index contributed by atoms with van der Waals surface area (Å²) in [5, 5.41) is 0. The summed E-state index contributed by atoms with van der Waals surface area (Å²) in [5.41, 5.74) is -8.41. The van der Waals surface area contributed by atoms with E-state index in [0.29, 0.717) is 6.07 Å². The average molecular weight is 542 g/mol. The molecule has 2 heterocycles. The Kier molecular flexibility index (Phi) is 5.93. The molecular weight excluding hydrogens is 524 g/mol. The smallest absolute Gasteiger partial charge is 0.338 e. The highest BCUT2D eigenvalue weighted by molar-refractivity contribution is 7.92. The van der Waals surface area contributed by atoms with Crippen molar-refractivity contribution in [2.75, 3.05) is 6.54 Å². The van der Waals surface area contributed by atoms with E-state index in [9.17, 15) is 48.3 Å². The summed E-state index contributed by atoms with van der Waals surface area (Å²) in [7, 11) is -4.50. The van der Waals surface area contributed by atoms with Crippen LogP contribution in [0, 0.1) is 5.82 Å². The number of pyridine rings is 1. The molecule has 1 aromatic heterocycles. The fourth-order valence-electron chi connectivity index (χ4n) is 5.22. The number of hydrogen-bond acceptors (Lipinski definition) is 4. The van der Waals surface area contributed by atoms with Crippen LogP contribution in [-0.2, 0) is 31.5 Å². The normalized spacial score (nSPS) is 22.8. The Balaban J connectivity index is 1.97. The second-order valence-electron chi connectivity index (χ2n) is 8.71. The van der Waals surface area contributed by atoms with Crippen molar-refractivity contribution < 1.29 is 48.3 Å². The fourth-order valence-corrected chi connectivity index (χ4v) is 7.57. The molecule has 5 nitrogen and oxygen atoms in total. The molecule has 1 saturated heterocycles. The summed E-state index contributed by atoms with van der Waals surface area (Å²) in [6.45, 7) is 1.13. The van der Waals surface area contributed by atoms with Gasteiger partial charge in [-0.1, -0.05) is 6.07 Å². The van der Waals surface area contributed by atoms with Crippen molar-refractivity contribution >= 4 is 15.7 Å². The number of fused-ring (bicyclic) bond motifs is 3. The highest BCUT2D eigenvalue weighted by atomic mass is 32.2. The van der Waals surface area contributed by atoms with Crippen LogP contribution in [0.2, 0.25) is 0 Å². The van der Waals surface area contributed by atoms with Crippen molar-refractivity contribution in [3.05, 3.63) is 59.2 Å². The van der Waals surface area contributed by atoms with Crippen LogP contribution in [0.4, 0.5) is 35.1 Å². The minimum Gasteiger partial charge on any atom is -0.338 e. The van der Waals surface area contributed by atoms with Gasteiger partial charge in [0.1, 0.15) is 10.6 Å². The number of sulfone groups is 1. The lowest BCUT2D eigenvalue weighted by molar-refractivity contribution is -0.350. The van der Waals surface area contributed by atoms with E-state index in [1.807, 2.05) is 0 Å². The van der Waals surface area contributed by atoms with Crippen molar-refractivity contribution in [3.8, 4) is 0 Å². The van der Waals surface area contributed by atoms with Gasteiger partial charge < -0.3 is 4.90 Å². The standard InChI is InChI=1S/C22H18F8N2O3S/c1-12(33)32-11-10-19(36(34,35)14-4-2-13(23)3-5-14)15-6-8-17(31-16(15)7-9-18(19)32)20(24,21(25,26)27)22(28,29)30/h2-6,8,18H,7,9-11H2,1H3. The quantitative estimate of drug-likeness (QED) is 0.415. The van der Waals surface area contributed by atoms with Gasteiger partial charge in [0.15, 0.2) is 9.84 Å². The first-order chi connectivity index (χ1) is 16.5. The van der Waals surface area contributed by atoms with Crippen LogP contribution >= 0.6 is 0 Å². The van der Waals surface area contributed by atoms with Crippen LogP contribution in [0.25, 0.3) is 0 Å². The summed E-state index contributed by atoms with van der Waals surface area (Å²) in [6.07, 6.45) is -13.5. The maximum absolute atomic E-state index is 14.7. The zero-order chi connectivity index (χ0) is 26.9. The van der Waals surface area contributed by atoms with E-state index in [-0.39, 0.29) is 42.3 Å². The zero-order valence-electron chi connectivity index (χ0n) is 18.4. The SMILES string of the molecule is CC(=O)N1CCC2(S(=O)(=O)c3ccc(F)cc3)c3ccc(C(F)(C(F)(F)F)C(F)(F)F)nc3CCC12. The lowest BCUT2D eigenvalue weighted by Crippen LogP contribution is -2.53. The molecular formula is C22H18F8N2O3S. The third kappa shape index (κ3) is 3.51. The summed E-state index contributed by atoms with van der Waals surface area (Å²) in [4.78, 5) is 16.5. The number of hydrogen-bond donors (Lipinski definition) is 0. The molecule has 0 saturated carbocycles. The number of halogens is 8. The van der Waals surface area contributed by atoms with Gasteiger partial charge >= 0.3 is 18.0 Å². The maximum Gasteiger partial charge on any atom is 0.437 e. The topological polar surface area (TPSA) is 67.3 Å². The molecule has 1 amide bonds. The zero-order valence-corrected chi connectivity index (χ0v) is 19.2. The van der Waals surface area contributed by atoms with Gasteiger partial charge in [0.2, 0.25) is 5.91 Å². The highest BCUT2D eigenvalue weighted by Crippen LogP contribution is 2.55. The molecule has 196 valence electrons. The second kappa shape index (κ2) is 8.12. The molecule has 1 aliphatic carbocycles. The summed E-state index contributed by atoms with van der Waals surface area (Å²) in [6, 6.07) is 3.58. The molecule has 1 fully saturated rings. The molecule has 1 aliphatic heterocycles. The molecule has 14 heteroatoms. The molecule has 0 spiro atoms. The van der Waals surface area contributed by atoms with E-state index in [2.05, 4.69) is 4.98 Å². The Hall–Kier alpha value is -2.77. The Morgan fingerprint density at radius 2 is 1.58 bits per heavy atom. The van der Waals surface area contributed by atoms with E-state index in [1.54, 1.807) is 0 Å². The van der Waals surface area contributed by atoms with Crippen LogP contribution in [0.5, 0.6) is 0 Å². The molecule has 2 atom stereocenters. The third-order valence-electron chi connectivity index (χ3n) is 6.87. The summed E-state index contributed by atoms with van der Waals surface area (Å²) in [5.74, 6) is -1.23. The molecule has 4 rings (SSSR count). The van der Waals surface area contributed by atoms with Crippen molar-refractivity contribution in [1.29, 1.82) is 0 Å². The predicted octanol–water partition coefficient (Wildman–Crippen LogP) is 4.75. The fraction of sp³-hybridized carbons (Fsp3) is 0.455. The maximum atomic E-state index is 14.7. The number of alkyl halides is 7. The van der Waals surface area contributed by atoms with Gasteiger partial charge in [-0.2, -0.15) is 26.3 Å². The number of carbonyl (C=O) groups is 1. The molecule has 1 aromatic carbocycles. The summed E-state index contributed by atoms with van der Waals surface area (Å²) >= 11 is 0. The van der Waals surface area contributed by atoms with Gasteiger partial charge in [-0.3, -0.25) is 9.78 Å². The molecule has 36 heavy (non-hydrogen) atoms. The van der Waals surface area contributed by atoms with E-state index < -0.39 is 61.8 Å². The number of amides is 1. The number of aryl methyl sites for hydroxylation is 1. The van der Waals surface area contributed by atoms with Gasteiger partial charge in [-0.25, -0.2) is 17.2 Å². The Morgan fingerprint density at radius 3 is 2.11 bits per heavy atom. The Bertz CT molecular complexity index is 1290. The lowest BCUT2D eigenvalue weighted by atomic mass is 9.80. The molecule has 0 radical (unpaired) electrons.